The van der Waals surface area contributed by atoms with Gasteiger partial charge in [0.25, 0.3) is 5.91 Å². The lowest BCUT2D eigenvalue weighted by Crippen LogP contribution is -2.17. The second-order valence-electron chi connectivity index (χ2n) is 6.36. The number of alkyl halides is 3. The molecule has 1 N–H and O–H groups in total. The largest absolute Gasteiger partial charge is 0.573 e. The van der Waals surface area contributed by atoms with Crippen LogP contribution in [0.2, 0.25) is 0 Å². The Labute approximate surface area is 168 Å². The molecule has 0 saturated carbocycles. The maximum Gasteiger partial charge on any atom is 0.573 e. The van der Waals surface area contributed by atoms with Gasteiger partial charge in [-0.05, 0) is 42.8 Å². The second-order valence-corrected chi connectivity index (χ2v) is 6.36. The minimum absolute atomic E-state index is 0.130. The number of pyridine rings is 1. The van der Waals surface area contributed by atoms with Crippen LogP contribution < -0.4 is 10.1 Å². The average Bonchev–Trinajstić information content (AvgIpc) is 3.10. The number of anilines is 1. The Balaban J connectivity index is 1.71. The van der Waals surface area contributed by atoms with Gasteiger partial charge in [-0.25, -0.2) is 14.5 Å². The van der Waals surface area contributed by atoms with Crippen LogP contribution in [0.25, 0.3) is 16.9 Å². The molecule has 152 valence electrons. The third-order valence-electron chi connectivity index (χ3n) is 4.16. The fraction of sp³-hybridized carbons (Fsp3) is 0.100. The van der Waals surface area contributed by atoms with E-state index in [2.05, 4.69) is 25.1 Å². The molecule has 0 atom stereocenters. The summed E-state index contributed by atoms with van der Waals surface area (Å²) in [6.45, 7) is 1.86. The van der Waals surface area contributed by atoms with Gasteiger partial charge in [-0.1, -0.05) is 12.1 Å². The SMILES string of the molecule is Cc1ccnc(NC(=O)c2cnn3ccc(-c4ccccc4OC(F)(F)F)nc23)c1. The molecular weight excluding hydrogens is 399 g/mol. The van der Waals surface area contributed by atoms with E-state index >= 15 is 0 Å². The van der Waals surface area contributed by atoms with Gasteiger partial charge in [-0.3, -0.25) is 4.79 Å². The smallest absolute Gasteiger partial charge is 0.405 e. The monoisotopic (exact) mass is 413 g/mol. The maximum absolute atomic E-state index is 12.7. The van der Waals surface area contributed by atoms with Gasteiger partial charge in [0.2, 0.25) is 0 Å². The van der Waals surface area contributed by atoms with Gasteiger partial charge in [0.05, 0.1) is 11.9 Å². The number of aromatic nitrogens is 4. The predicted octanol–water partition coefficient (Wildman–Crippen LogP) is 4.25. The highest BCUT2D eigenvalue weighted by Gasteiger charge is 2.32. The minimum Gasteiger partial charge on any atom is -0.405 e. The number of rotatable bonds is 4. The number of amides is 1. The summed E-state index contributed by atoms with van der Waals surface area (Å²) in [7, 11) is 0. The Morgan fingerprint density at radius 1 is 1.17 bits per heavy atom. The van der Waals surface area contributed by atoms with Crippen molar-refractivity contribution in [2.75, 3.05) is 5.32 Å². The van der Waals surface area contributed by atoms with Crippen LogP contribution in [0.5, 0.6) is 5.75 Å². The van der Waals surface area contributed by atoms with Crippen molar-refractivity contribution in [2.24, 2.45) is 0 Å². The number of aryl methyl sites for hydroxylation is 1. The zero-order chi connectivity index (χ0) is 21.3. The van der Waals surface area contributed by atoms with E-state index < -0.39 is 18.0 Å². The van der Waals surface area contributed by atoms with E-state index in [0.717, 1.165) is 5.56 Å². The molecule has 10 heteroatoms. The molecule has 0 aliphatic heterocycles. The summed E-state index contributed by atoms with van der Waals surface area (Å²) in [5.74, 6) is -0.525. The molecule has 0 radical (unpaired) electrons. The van der Waals surface area contributed by atoms with Crippen molar-refractivity contribution < 1.29 is 22.7 Å². The van der Waals surface area contributed by atoms with Crippen molar-refractivity contribution in [3.63, 3.8) is 0 Å². The summed E-state index contributed by atoms with van der Waals surface area (Å²) < 4.78 is 43.6. The molecule has 1 aromatic carbocycles. The third kappa shape index (κ3) is 4.07. The summed E-state index contributed by atoms with van der Waals surface area (Å²) in [6.07, 6.45) is -0.448. The van der Waals surface area contributed by atoms with E-state index in [1.165, 1.54) is 41.2 Å². The number of ether oxygens (including phenoxy) is 1. The fourth-order valence-electron chi connectivity index (χ4n) is 2.86. The van der Waals surface area contributed by atoms with Gasteiger partial charge in [0.15, 0.2) is 5.65 Å². The summed E-state index contributed by atoms with van der Waals surface area (Å²) in [6, 6.07) is 10.6. The van der Waals surface area contributed by atoms with Crippen LogP contribution in [0, 0.1) is 6.92 Å². The molecule has 0 saturated heterocycles. The Morgan fingerprint density at radius 3 is 2.73 bits per heavy atom. The molecular formula is C20H14F3N5O2. The highest BCUT2D eigenvalue weighted by atomic mass is 19.4. The highest BCUT2D eigenvalue weighted by Crippen LogP contribution is 2.33. The van der Waals surface area contributed by atoms with Crippen LogP contribution in [0.3, 0.4) is 0 Å². The van der Waals surface area contributed by atoms with Crippen LogP contribution in [0.15, 0.2) is 61.1 Å². The van der Waals surface area contributed by atoms with E-state index in [4.69, 9.17) is 0 Å². The first-order valence-corrected chi connectivity index (χ1v) is 8.74. The molecule has 30 heavy (non-hydrogen) atoms. The number of carbonyl (C=O) groups excluding carboxylic acids is 1. The molecule has 0 fully saturated rings. The molecule has 3 heterocycles. The number of carbonyl (C=O) groups is 1. The Morgan fingerprint density at radius 2 is 1.97 bits per heavy atom. The lowest BCUT2D eigenvalue weighted by molar-refractivity contribution is -0.274. The normalized spacial score (nSPS) is 11.5. The number of nitrogens with zero attached hydrogens (tertiary/aromatic N) is 4. The summed E-state index contributed by atoms with van der Waals surface area (Å²) in [4.78, 5) is 21.1. The summed E-state index contributed by atoms with van der Waals surface area (Å²) in [5, 5.41) is 6.74. The maximum atomic E-state index is 12.7. The van der Waals surface area contributed by atoms with E-state index in [1.807, 2.05) is 6.92 Å². The molecule has 0 unspecified atom stereocenters. The van der Waals surface area contributed by atoms with Crippen LogP contribution in [-0.4, -0.2) is 31.9 Å². The van der Waals surface area contributed by atoms with E-state index in [9.17, 15) is 18.0 Å². The summed E-state index contributed by atoms with van der Waals surface area (Å²) >= 11 is 0. The van der Waals surface area contributed by atoms with Gasteiger partial charge in [-0.2, -0.15) is 5.10 Å². The minimum atomic E-state index is -4.84. The van der Waals surface area contributed by atoms with Gasteiger partial charge in [-0.15, -0.1) is 13.2 Å². The standard InChI is InChI=1S/C20H14F3N5O2/c1-12-6-8-24-17(10-12)27-19(29)14-11-25-28-9-7-15(26-18(14)28)13-4-2-3-5-16(13)30-20(21,22)23/h2-11H,1H3,(H,24,27,29). The first-order valence-electron chi connectivity index (χ1n) is 8.74. The number of benzene rings is 1. The van der Waals surface area contributed by atoms with Crippen LogP contribution in [0.1, 0.15) is 15.9 Å². The number of fused-ring (bicyclic) bond motifs is 1. The first kappa shape index (κ1) is 19.4. The lowest BCUT2D eigenvalue weighted by Gasteiger charge is -2.13. The number of para-hydroxylation sites is 1. The van der Waals surface area contributed by atoms with Gasteiger partial charge in [0.1, 0.15) is 17.1 Å². The molecule has 0 aliphatic rings. The fourth-order valence-corrected chi connectivity index (χ4v) is 2.86. The van der Waals surface area contributed by atoms with Crippen molar-refractivity contribution >= 4 is 17.4 Å². The molecule has 4 rings (SSSR count). The second kappa shape index (κ2) is 7.47. The topological polar surface area (TPSA) is 81.4 Å². The van der Waals surface area contributed by atoms with Gasteiger partial charge in [0, 0.05) is 18.0 Å². The molecule has 0 spiro atoms. The Hall–Kier alpha value is -3.95. The highest BCUT2D eigenvalue weighted by molar-refractivity contribution is 6.07. The van der Waals surface area contributed by atoms with Crippen molar-refractivity contribution in [2.45, 2.75) is 13.3 Å². The van der Waals surface area contributed by atoms with Gasteiger partial charge < -0.3 is 10.1 Å². The Bertz CT molecular complexity index is 1240. The molecule has 4 aromatic rings. The summed E-state index contributed by atoms with van der Waals surface area (Å²) in [5.41, 5.74) is 1.58. The lowest BCUT2D eigenvalue weighted by atomic mass is 10.1. The third-order valence-corrected chi connectivity index (χ3v) is 4.16. The van der Waals surface area contributed by atoms with E-state index in [1.54, 1.807) is 24.4 Å². The quantitative estimate of drug-likeness (QED) is 0.541. The number of hydrogen-bond acceptors (Lipinski definition) is 5. The van der Waals surface area contributed by atoms with Crippen molar-refractivity contribution in [1.82, 2.24) is 19.6 Å². The van der Waals surface area contributed by atoms with Crippen molar-refractivity contribution in [1.29, 1.82) is 0 Å². The Kier molecular flexibility index (Phi) is 4.82. The molecule has 0 aliphatic carbocycles. The number of hydrogen-bond donors (Lipinski definition) is 1. The van der Waals surface area contributed by atoms with Crippen molar-refractivity contribution in [3.05, 3.63) is 72.2 Å². The van der Waals surface area contributed by atoms with Crippen LogP contribution in [0.4, 0.5) is 19.0 Å². The zero-order valence-corrected chi connectivity index (χ0v) is 15.5. The number of halogens is 3. The van der Waals surface area contributed by atoms with Gasteiger partial charge >= 0.3 is 6.36 Å². The van der Waals surface area contributed by atoms with E-state index in [-0.39, 0.29) is 22.5 Å². The van der Waals surface area contributed by atoms with Crippen LogP contribution >= 0.6 is 0 Å². The first-order chi connectivity index (χ1) is 14.3. The van der Waals surface area contributed by atoms with E-state index in [0.29, 0.717) is 5.82 Å². The molecule has 1 amide bonds. The molecule has 3 aromatic heterocycles. The predicted molar refractivity (Wildman–Crippen MR) is 102 cm³/mol. The molecule has 7 nitrogen and oxygen atoms in total. The van der Waals surface area contributed by atoms with Crippen LogP contribution in [-0.2, 0) is 0 Å². The number of nitrogens with one attached hydrogen (secondary N) is 1. The average molecular weight is 413 g/mol. The molecule has 0 bridgehead atoms. The zero-order valence-electron chi connectivity index (χ0n) is 15.5. The van der Waals surface area contributed by atoms with Crippen molar-refractivity contribution in [3.8, 4) is 17.0 Å².